The molecule has 0 aromatic heterocycles. The molecule has 3 rings (SSSR count). The highest BCUT2D eigenvalue weighted by Crippen LogP contribution is 2.25. The molecule has 1 heterocycles. The molecule has 0 radical (unpaired) electrons. The zero-order chi connectivity index (χ0) is 20.3. The van der Waals surface area contributed by atoms with Gasteiger partial charge in [0.25, 0.3) is 5.91 Å². The molecule has 1 aliphatic heterocycles. The highest BCUT2D eigenvalue weighted by atomic mass is 16.2. The molecule has 2 N–H and O–H groups in total. The Morgan fingerprint density at radius 2 is 1.75 bits per heavy atom. The van der Waals surface area contributed by atoms with E-state index in [9.17, 15) is 9.59 Å². The fourth-order valence-corrected chi connectivity index (χ4v) is 4.01. The van der Waals surface area contributed by atoms with Crippen molar-refractivity contribution < 1.29 is 9.59 Å². The number of fused-ring (bicyclic) bond motifs is 1. The Hall–Kier alpha value is -2.40. The van der Waals surface area contributed by atoms with Crippen LogP contribution in [0, 0.1) is 11.3 Å². The second-order valence-corrected chi connectivity index (χ2v) is 8.66. The van der Waals surface area contributed by atoms with E-state index in [0.717, 1.165) is 16.3 Å². The second-order valence-electron chi connectivity index (χ2n) is 8.66. The molecule has 28 heavy (non-hydrogen) atoms. The Morgan fingerprint density at radius 1 is 1.11 bits per heavy atom. The summed E-state index contributed by atoms with van der Waals surface area (Å²) in [7, 11) is 1.85. The van der Waals surface area contributed by atoms with Gasteiger partial charge in [0.05, 0.1) is 0 Å². The molecule has 0 spiro atoms. The number of amides is 2. The molecular weight excluding hydrogens is 350 g/mol. The number of carbonyl (C=O) groups excluding carboxylic acids is 2. The summed E-state index contributed by atoms with van der Waals surface area (Å²) in [4.78, 5) is 29.6. The normalized spacial score (nSPS) is 15.6. The number of nitrogens with two attached hydrogens (primary N) is 1. The molecule has 0 bridgehead atoms. The lowest BCUT2D eigenvalue weighted by molar-refractivity contribution is -0.136. The molecule has 1 saturated heterocycles. The molecule has 5 nitrogen and oxygen atoms in total. The first-order valence-corrected chi connectivity index (χ1v) is 10.0. The largest absolute Gasteiger partial charge is 0.345 e. The van der Waals surface area contributed by atoms with Gasteiger partial charge >= 0.3 is 0 Å². The summed E-state index contributed by atoms with van der Waals surface area (Å²) in [5.41, 5.74) is 6.45. The van der Waals surface area contributed by atoms with Gasteiger partial charge in [-0.05, 0) is 41.6 Å². The van der Waals surface area contributed by atoms with Crippen LogP contribution in [0.1, 0.15) is 37.0 Å². The highest BCUT2D eigenvalue weighted by Gasteiger charge is 2.31. The third kappa shape index (κ3) is 4.36. The van der Waals surface area contributed by atoms with Gasteiger partial charge in [-0.3, -0.25) is 9.59 Å². The van der Waals surface area contributed by atoms with Gasteiger partial charge in [-0.2, -0.15) is 0 Å². The van der Waals surface area contributed by atoms with Crippen LogP contribution in [0.4, 0.5) is 0 Å². The van der Waals surface area contributed by atoms with E-state index in [-0.39, 0.29) is 23.1 Å². The number of likely N-dealkylation sites (tertiary alicyclic amines) is 1. The van der Waals surface area contributed by atoms with E-state index in [1.807, 2.05) is 54.4 Å². The van der Waals surface area contributed by atoms with Gasteiger partial charge in [0.15, 0.2) is 0 Å². The quantitative estimate of drug-likeness (QED) is 0.865. The molecule has 1 aliphatic rings. The average molecular weight is 382 g/mol. The predicted octanol–water partition coefficient (Wildman–Crippen LogP) is 3.14. The van der Waals surface area contributed by atoms with Crippen LogP contribution in [-0.2, 0) is 4.79 Å². The molecule has 2 aromatic carbocycles. The first-order chi connectivity index (χ1) is 13.3. The maximum atomic E-state index is 13.1. The molecule has 0 aliphatic carbocycles. The molecule has 0 saturated carbocycles. The van der Waals surface area contributed by atoms with E-state index >= 15 is 0 Å². The van der Waals surface area contributed by atoms with Gasteiger partial charge in [0.1, 0.15) is 0 Å². The van der Waals surface area contributed by atoms with Crippen LogP contribution in [-0.4, -0.2) is 54.8 Å². The van der Waals surface area contributed by atoms with E-state index in [1.54, 1.807) is 4.90 Å². The number of nitrogens with zero attached hydrogens (tertiary/aromatic N) is 2. The van der Waals surface area contributed by atoms with Gasteiger partial charge in [-0.25, -0.2) is 0 Å². The molecule has 0 unspecified atom stereocenters. The summed E-state index contributed by atoms with van der Waals surface area (Å²) >= 11 is 0. The van der Waals surface area contributed by atoms with Crippen molar-refractivity contribution in [2.45, 2.75) is 26.7 Å². The minimum absolute atomic E-state index is 0.0184. The molecular formula is C23H31N3O2. The van der Waals surface area contributed by atoms with Gasteiger partial charge in [-0.1, -0.05) is 50.2 Å². The SMILES string of the molecule is CN(CC(C)(C)CN)C(=O)C1CCN(C(=O)c2cccc3ccccc23)CC1. The van der Waals surface area contributed by atoms with Crippen molar-refractivity contribution >= 4 is 22.6 Å². The van der Waals surface area contributed by atoms with Crippen molar-refractivity contribution in [3.63, 3.8) is 0 Å². The molecule has 0 atom stereocenters. The minimum Gasteiger partial charge on any atom is -0.345 e. The summed E-state index contributed by atoms with van der Waals surface area (Å²) in [6.07, 6.45) is 1.42. The van der Waals surface area contributed by atoms with E-state index < -0.39 is 0 Å². The van der Waals surface area contributed by atoms with Crippen molar-refractivity contribution in [1.29, 1.82) is 0 Å². The third-order valence-corrected chi connectivity index (χ3v) is 5.75. The van der Waals surface area contributed by atoms with E-state index in [4.69, 9.17) is 5.73 Å². The van der Waals surface area contributed by atoms with Crippen LogP contribution >= 0.6 is 0 Å². The molecule has 5 heteroatoms. The molecule has 1 fully saturated rings. The lowest BCUT2D eigenvalue weighted by atomic mass is 9.91. The summed E-state index contributed by atoms with van der Waals surface area (Å²) in [6.45, 7) is 6.57. The van der Waals surface area contributed by atoms with Crippen molar-refractivity contribution in [2.75, 3.05) is 33.2 Å². The number of piperidine rings is 1. The van der Waals surface area contributed by atoms with Crippen molar-refractivity contribution in [2.24, 2.45) is 17.1 Å². The number of rotatable bonds is 5. The number of hydrogen-bond acceptors (Lipinski definition) is 3. The fourth-order valence-electron chi connectivity index (χ4n) is 4.01. The first kappa shape index (κ1) is 20.3. The Kier molecular flexibility index (Phi) is 6.04. The van der Waals surface area contributed by atoms with Crippen LogP contribution < -0.4 is 5.73 Å². The van der Waals surface area contributed by atoms with Crippen LogP contribution in [0.3, 0.4) is 0 Å². The number of carbonyl (C=O) groups is 2. The Balaban J connectivity index is 1.63. The van der Waals surface area contributed by atoms with Crippen LogP contribution in [0.2, 0.25) is 0 Å². The summed E-state index contributed by atoms with van der Waals surface area (Å²) in [5, 5.41) is 2.06. The van der Waals surface area contributed by atoms with Crippen molar-refractivity contribution in [1.82, 2.24) is 9.80 Å². The zero-order valence-corrected chi connectivity index (χ0v) is 17.1. The Bertz CT molecular complexity index is 849. The highest BCUT2D eigenvalue weighted by molar-refractivity contribution is 6.07. The van der Waals surface area contributed by atoms with Crippen molar-refractivity contribution in [3.8, 4) is 0 Å². The average Bonchev–Trinajstić information content (AvgIpc) is 2.72. The standard InChI is InChI=1S/C23H31N3O2/c1-23(2,15-24)16-25(3)21(27)18-11-13-26(14-12-18)22(28)20-10-6-8-17-7-4-5-9-19(17)20/h4-10,18H,11-16,24H2,1-3H3. The summed E-state index contributed by atoms with van der Waals surface area (Å²) in [6, 6.07) is 13.8. The number of benzene rings is 2. The topological polar surface area (TPSA) is 66.6 Å². The molecule has 2 amide bonds. The maximum absolute atomic E-state index is 13.1. The molecule has 2 aromatic rings. The fraction of sp³-hybridized carbons (Fsp3) is 0.478. The van der Waals surface area contributed by atoms with Gasteiger partial charge in [0.2, 0.25) is 5.91 Å². The predicted molar refractivity (Wildman–Crippen MR) is 113 cm³/mol. The van der Waals surface area contributed by atoms with Gasteiger partial charge < -0.3 is 15.5 Å². The Labute approximate surface area is 167 Å². The third-order valence-electron chi connectivity index (χ3n) is 5.75. The zero-order valence-electron chi connectivity index (χ0n) is 17.1. The van der Waals surface area contributed by atoms with Gasteiger partial charge in [0, 0.05) is 38.2 Å². The first-order valence-electron chi connectivity index (χ1n) is 10.0. The van der Waals surface area contributed by atoms with Gasteiger partial charge in [-0.15, -0.1) is 0 Å². The summed E-state index contributed by atoms with van der Waals surface area (Å²) < 4.78 is 0. The lowest BCUT2D eigenvalue weighted by Crippen LogP contribution is -2.46. The van der Waals surface area contributed by atoms with E-state index in [2.05, 4.69) is 13.8 Å². The monoisotopic (exact) mass is 381 g/mol. The Morgan fingerprint density at radius 3 is 2.43 bits per heavy atom. The lowest BCUT2D eigenvalue weighted by Gasteiger charge is -2.35. The van der Waals surface area contributed by atoms with E-state index in [0.29, 0.717) is 39.0 Å². The number of hydrogen-bond donors (Lipinski definition) is 1. The maximum Gasteiger partial charge on any atom is 0.254 e. The molecule has 150 valence electrons. The van der Waals surface area contributed by atoms with E-state index in [1.165, 1.54) is 0 Å². The minimum atomic E-state index is -0.0879. The van der Waals surface area contributed by atoms with Crippen LogP contribution in [0.25, 0.3) is 10.8 Å². The smallest absolute Gasteiger partial charge is 0.254 e. The van der Waals surface area contributed by atoms with Crippen LogP contribution in [0.15, 0.2) is 42.5 Å². The van der Waals surface area contributed by atoms with Crippen molar-refractivity contribution in [3.05, 3.63) is 48.0 Å². The second kappa shape index (κ2) is 8.31. The van der Waals surface area contributed by atoms with Crippen LogP contribution in [0.5, 0.6) is 0 Å². The summed E-state index contributed by atoms with van der Waals surface area (Å²) in [5.74, 6) is 0.203.